The maximum atomic E-state index is 6.01. The van der Waals surface area contributed by atoms with E-state index in [2.05, 4.69) is 15.5 Å². The van der Waals surface area contributed by atoms with Crippen LogP contribution in [-0.2, 0) is 6.54 Å². The molecule has 2 rings (SSSR count). The summed E-state index contributed by atoms with van der Waals surface area (Å²) < 4.78 is 15.6. The van der Waals surface area contributed by atoms with Gasteiger partial charge in [-0.05, 0) is 0 Å². The number of hydrogen-bond donors (Lipinski definition) is 2. The Labute approximate surface area is 114 Å². The summed E-state index contributed by atoms with van der Waals surface area (Å²) in [7, 11) is 3.05. The van der Waals surface area contributed by atoms with Crippen LogP contribution in [0.5, 0.6) is 11.5 Å². The minimum atomic E-state index is 0.176. The van der Waals surface area contributed by atoms with E-state index in [0.717, 1.165) is 0 Å². The molecule has 0 aliphatic heterocycles. The molecule has 1 heterocycles. The number of rotatable bonds is 5. The number of anilines is 2. The summed E-state index contributed by atoms with van der Waals surface area (Å²) in [5, 5.41) is 10.9. The molecule has 0 amide bonds. The zero-order chi connectivity index (χ0) is 13.8. The first-order chi connectivity index (χ1) is 9.17. The van der Waals surface area contributed by atoms with Crippen LogP contribution in [0.25, 0.3) is 0 Å². The number of hydrogen-bond acceptors (Lipinski definition) is 7. The Hall–Kier alpha value is -1.99. The van der Waals surface area contributed by atoms with E-state index in [1.54, 1.807) is 12.1 Å². The fourth-order valence-corrected chi connectivity index (χ4v) is 1.69. The lowest BCUT2D eigenvalue weighted by Crippen LogP contribution is -1.97. The van der Waals surface area contributed by atoms with Crippen LogP contribution in [0.3, 0.4) is 0 Å². The maximum Gasteiger partial charge on any atom is 0.320 e. The molecule has 0 atom stereocenters. The van der Waals surface area contributed by atoms with Crippen molar-refractivity contribution in [2.75, 3.05) is 19.5 Å². The fraction of sp³-hybridized carbons (Fsp3) is 0.273. The number of nitrogens with two attached hydrogens (primary N) is 1. The molecule has 0 aliphatic rings. The number of methoxy groups -OCH3 is 2. The number of nitrogens with one attached hydrogen (secondary N) is 1. The smallest absolute Gasteiger partial charge is 0.320 e. The first-order valence-electron chi connectivity index (χ1n) is 5.39. The second kappa shape index (κ2) is 5.77. The number of ether oxygens (including phenoxy) is 2. The van der Waals surface area contributed by atoms with Crippen molar-refractivity contribution in [2.24, 2.45) is 5.73 Å². The van der Waals surface area contributed by atoms with E-state index in [-0.39, 0.29) is 12.6 Å². The van der Waals surface area contributed by atoms with Crippen molar-refractivity contribution in [1.82, 2.24) is 10.2 Å². The zero-order valence-corrected chi connectivity index (χ0v) is 11.2. The SMILES string of the molecule is COc1cc(Nc2nnc(CN)o2)c(OC)cc1Cl. The maximum absolute atomic E-state index is 6.01. The molecular formula is C11H13ClN4O3. The highest BCUT2D eigenvalue weighted by Gasteiger charge is 2.12. The van der Waals surface area contributed by atoms with Crippen LogP contribution >= 0.6 is 11.6 Å². The highest BCUT2D eigenvalue weighted by molar-refractivity contribution is 6.32. The van der Waals surface area contributed by atoms with Crippen molar-refractivity contribution >= 4 is 23.3 Å². The van der Waals surface area contributed by atoms with Gasteiger partial charge in [0.05, 0.1) is 31.5 Å². The molecule has 2 aromatic rings. The van der Waals surface area contributed by atoms with Gasteiger partial charge in [0.1, 0.15) is 11.5 Å². The quantitative estimate of drug-likeness (QED) is 0.866. The van der Waals surface area contributed by atoms with E-state index in [4.69, 9.17) is 31.2 Å². The highest BCUT2D eigenvalue weighted by atomic mass is 35.5. The van der Waals surface area contributed by atoms with Crippen molar-refractivity contribution in [3.63, 3.8) is 0 Å². The lowest BCUT2D eigenvalue weighted by atomic mass is 10.2. The van der Waals surface area contributed by atoms with E-state index >= 15 is 0 Å². The molecular weight excluding hydrogens is 272 g/mol. The molecule has 0 saturated heterocycles. The minimum Gasteiger partial charge on any atom is -0.495 e. The third kappa shape index (κ3) is 2.88. The Morgan fingerprint density at radius 3 is 2.58 bits per heavy atom. The lowest BCUT2D eigenvalue weighted by Gasteiger charge is -2.11. The molecule has 0 radical (unpaired) electrons. The monoisotopic (exact) mass is 284 g/mol. The van der Waals surface area contributed by atoms with Crippen LogP contribution in [0.4, 0.5) is 11.7 Å². The first kappa shape index (κ1) is 13.4. The van der Waals surface area contributed by atoms with E-state index in [9.17, 15) is 0 Å². The average Bonchev–Trinajstić information content (AvgIpc) is 2.88. The summed E-state index contributed by atoms with van der Waals surface area (Å²) in [5.74, 6) is 1.37. The molecule has 0 spiro atoms. The molecule has 0 saturated carbocycles. The van der Waals surface area contributed by atoms with Crippen LogP contribution in [0, 0.1) is 0 Å². The summed E-state index contributed by atoms with van der Waals surface area (Å²) >= 11 is 6.01. The van der Waals surface area contributed by atoms with Crippen LogP contribution in [0.2, 0.25) is 5.02 Å². The Bertz CT molecular complexity index is 573. The van der Waals surface area contributed by atoms with E-state index in [1.807, 2.05) is 0 Å². The highest BCUT2D eigenvalue weighted by Crippen LogP contribution is 2.37. The van der Waals surface area contributed by atoms with Gasteiger partial charge in [0.2, 0.25) is 5.89 Å². The predicted octanol–water partition coefficient (Wildman–Crippen LogP) is 1.94. The molecule has 19 heavy (non-hydrogen) atoms. The predicted molar refractivity (Wildman–Crippen MR) is 70.0 cm³/mol. The fourth-order valence-electron chi connectivity index (χ4n) is 1.46. The normalized spacial score (nSPS) is 10.3. The zero-order valence-electron chi connectivity index (χ0n) is 10.4. The molecule has 1 aromatic heterocycles. The molecule has 0 aliphatic carbocycles. The van der Waals surface area contributed by atoms with Gasteiger partial charge < -0.3 is 24.9 Å². The van der Waals surface area contributed by atoms with Gasteiger partial charge in [0.15, 0.2) is 0 Å². The average molecular weight is 285 g/mol. The molecule has 0 fully saturated rings. The lowest BCUT2D eigenvalue weighted by molar-refractivity contribution is 0.404. The van der Waals surface area contributed by atoms with Crippen LogP contribution < -0.4 is 20.5 Å². The largest absolute Gasteiger partial charge is 0.495 e. The van der Waals surface area contributed by atoms with E-state index in [1.165, 1.54) is 14.2 Å². The first-order valence-corrected chi connectivity index (χ1v) is 5.76. The van der Waals surface area contributed by atoms with Gasteiger partial charge in [-0.2, -0.15) is 0 Å². The van der Waals surface area contributed by atoms with Crippen molar-refractivity contribution in [1.29, 1.82) is 0 Å². The summed E-state index contributed by atoms with van der Waals surface area (Å²) in [6.45, 7) is 0.176. The van der Waals surface area contributed by atoms with Crippen LogP contribution in [-0.4, -0.2) is 24.4 Å². The van der Waals surface area contributed by atoms with Crippen molar-refractivity contribution in [3.8, 4) is 11.5 Å². The topological polar surface area (TPSA) is 95.4 Å². The number of benzene rings is 1. The van der Waals surface area contributed by atoms with Gasteiger partial charge in [0, 0.05) is 12.1 Å². The summed E-state index contributed by atoms with van der Waals surface area (Å²) in [4.78, 5) is 0. The molecule has 0 unspecified atom stereocenters. The number of nitrogens with zero attached hydrogens (tertiary/aromatic N) is 2. The van der Waals surface area contributed by atoms with Gasteiger partial charge in [-0.15, -0.1) is 5.10 Å². The van der Waals surface area contributed by atoms with Crippen LogP contribution in [0.1, 0.15) is 5.89 Å². The molecule has 102 valence electrons. The third-order valence-corrected chi connectivity index (χ3v) is 2.65. The van der Waals surface area contributed by atoms with Gasteiger partial charge >= 0.3 is 6.01 Å². The minimum absolute atomic E-state index is 0.176. The van der Waals surface area contributed by atoms with Gasteiger partial charge in [-0.3, -0.25) is 0 Å². The number of aromatic nitrogens is 2. The second-order valence-electron chi connectivity index (χ2n) is 3.52. The standard InChI is InChI=1S/C11H13ClN4O3/c1-17-8-4-7(9(18-2)3-6(8)12)14-11-16-15-10(5-13)19-11/h3-4H,5,13H2,1-2H3,(H,14,16). The summed E-state index contributed by atoms with van der Waals surface area (Å²) in [6.07, 6.45) is 0. The van der Waals surface area contributed by atoms with Gasteiger partial charge in [-0.1, -0.05) is 16.7 Å². The molecule has 8 heteroatoms. The van der Waals surface area contributed by atoms with Gasteiger partial charge in [-0.25, -0.2) is 0 Å². The summed E-state index contributed by atoms with van der Waals surface area (Å²) in [5.41, 5.74) is 5.99. The second-order valence-corrected chi connectivity index (χ2v) is 3.92. The Kier molecular flexibility index (Phi) is 4.08. The Morgan fingerprint density at radius 1 is 1.26 bits per heavy atom. The Balaban J connectivity index is 2.32. The number of halogens is 1. The Morgan fingerprint density at radius 2 is 2.00 bits per heavy atom. The van der Waals surface area contributed by atoms with Gasteiger partial charge in [0.25, 0.3) is 0 Å². The molecule has 0 bridgehead atoms. The van der Waals surface area contributed by atoms with Crippen molar-refractivity contribution < 1.29 is 13.9 Å². The van der Waals surface area contributed by atoms with Crippen molar-refractivity contribution in [3.05, 3.63) is 23.0 Å². The molecule has 3 N–H and O–H groups in total. The van der Waals surface area contributed by atoms with Crippen molar-refractivity contribution in [2.45, 2.75) is 6.54 Å². The van der Waals surface area contributed by atoms with E-state index < -0.39 is 0 Å². The molecule has 1 aromatic carbocycles. The summed E-state index contributed by atoms with van der Waals surface area (Å²) in [6, 6.07) is 3.51. The third-order valence-electron chi connectivity index (χ3n) is 2.36. The van der Waals surface area contributed by atoms with E-state index in [0.29, 0.717) is 28.1 Å². The molecule has 7 nitrogen and oxygen atoms in total. The van der Waals surface area contributed by atoms with Crippen LogP contribution in [0.15, 0.2) is 16.5 Å².